The lowest BCUT2D eigenvalue weighted by molar-refractivity contribution is 0.108. The quantitative estimate of drug-likeness (QED) is 0.622. The molecule has 0 aliphatic rings. The molecule has 0 radical (unpaired) electrons. The Hall–Kier alpha value is -0.250. The predicted molar refractivity (Wildman–Crippen MR) is 48.8 cm³/mol. The van der Waals surface area contributed by atoms with Gasteiger partial charge >= 0.3 is 0 Å². The van der Waals surface area contributed by atoms with Gasteiger partial charge < -0.3 is 0 Å². The Kier molecular flexibility index (Phi) is 2.99. The van der Waals surface area contributed by atoms with Crippen LogP contribution in [0.5, 0.6) is 0 Å². The smallest absolute Gasteiger partial charge is 0.184 e. The van der Waals surface area contributed by atoms with Gasteiger partial charge in [0.1, 0.15) is 0 Å². The fourth-order valence-electron chi connectivity index (χ4n) is 0.673. The molecular weight excluding hydrogens is 162 g/mol. The molecule has 1 rings (SSSR count). The second-order valence-electron chi connectivity index (χ2n) is 1.84. The number of hydrogen-bond acceptors (Lipinski definition) is 1. The van der Waals surface area contributed by atoms with E-state index >= 15 is 0 Å². The van der Waals surface area contributed by atoms with Gasteiger partial charge in [0.25, 0.3) is 0 Å². The van der Waals surface area contributed by atoms with Crippen molar-refractivity contribution in [1.82, 2.24) is 0 Å². The van der Waals surface area contributed by atoms with Crippen molar-refractivity contribution in [3.8, 4) is 0 Å². The van der Waals surface area contributed by atoms with Gasteiger partial charge in [-0.1, -0.05) is 30.3 Å². The number of hydrogen-bond donors (Lipinski definition) is 0. The second-order valence-corrected chi connectivity index (χ2v) is 3.45. The van der Waals surface area contributed by atoms with E-state index in [0.29, 0.717) is 0 Å². The molecule has 2 atom stereocenters. The van der Waals surface area contributed by atoms with E-state index in [4.69, 9.17) is 0 Å². The SMILES string of the molecule is O=C(PP)c1ccccc1. The van der Waals surface area contributed by atoms with E-state index < -0.39 is 0 Å². The van der Waals surface area contributed by atoms with Gasteiger partial charge in [-0.3, -0.25) is 4.79 Å². The fraction of sp³-hybridized carbons (Fsp3) is 0. The Morgan fingerprint density at radius 2 is 1.90 bits per heavy atom. The molecular formula is C7H8OP2. The van der Waals surface area contributed by atoms with Crippen LogP contribution < -0.4 is 0 Å². The Morgan fingerprint density at radius 3 is 2.40 bits per heavy atom. The summed E-state index contributed by atoms with van der Waals surface area (Å²) in [5, 5.41) is 0. The first-order valence-electron chi connectivity index (χ1n) is 2.90. The van der Waals surface area contributed by atoms with Gasteiger partial charge in [0.05, 0.1) is 0 Å². The zero-order valence-electron chi connectivity index (χ0n) is 5.37. The second kappa shape index (κ2) is 3.81. The van der Waals surface area contributed by atoms with Crippen molar-refractivity contribution in [3.63, 3.8) is 0 Å². The van der Waals surface area contributed by atoms with E-state index in [2.05, 4.69) is 8.93 Å². The van der Waals surface area contributed by atoms with Crippen LogP contribution in [-0.2, 0) is 0 Å². The Morgan fingerprint density at radius 1 is 1.30 bits per heavy atom. The molecule has 0 aliphatic carbocycles. The lowest BCUT2D eigenvalue weighted by Gasteiger charge is -1.93. The summed E-state index contributed by atoms with van der Waals surface area (Å²) in [4.78, 5) is 11.0. The van der Waals surface area contributed by atoms with Crippen LogP contribution in [0.2, 0.25) is 0 Å². The van der Waals surface area contributed by atoms with Crippen molar-refractivity contribution in [1.29, 1.82) is 0 Å². The van der Waals surface area contributed by atoms with Crippen LogP contribution in [0.4, 0.5) is 0 Å². The zero-order valence-corrected chi connectivity index (χ0v) is 7.53. The van der Waals surface area contributed by atoms with Crippen molar-refractivity contribution in [2.45, 2.75) is 0 Å². The van der Waals surface area contributed by atoms with Gasteiger partial charge in [0.15, 0.2) is 5.52 Å². The topological polar surface area (TPSA) is 17.1 Å². The molecule has 0 saturated carbocycles. The maximum Gasteiger partial charge on any atom is 0.184 e. The van der Waals surface area contributed by atoms with E-state index in [0.717, 1.165) is 5.56 Å². The van der Waals surface area contributed by atoms with Gasteiger partial charge in [0.2, 0.25) is 0 Å². The molecule has 0 bridgehead atoms. The highest BCUT2D eigenvalue weighted by molar-refractivity contribution is 8.11. The molecule has 2 unspecified atom stereocenters. The first-order valence-corrected chi connectivity index (χ1v) is 5.71. The third-order valence-electron chi connectivity index (χ3n) is 1.17. The highest BCUT2D eigenvalue weighted by Crippen LogP contribution is 2.25. The highest BCUT2D eigenvalue weighted by atomic mass is 32.0. The van der Waals surface area contributed by atoms with Crippen molar-refractivity contribution in [2.75, 3.05) is 0 Å². The standard InChI is InChI=1S/C7H8OP2/c8-7(10-9)6-4-2-1-3-5-6/h1-5,10H,9H2. The fourth-order valence-corrected chi connectivity index (χ4v) is 1.51. The number of rotatable bonds is 2. The molecule has 0 N–H and O–H groups in total. The third kappa shape index (κ3) is 1.87. The monoisotopic (exact) mass is 170 g/mol. The van der Waals surface area contributed by atoms with Crippen LogP contribution in [0.15, 0.2) is 30.3 Å². The van der Waals surface area contributed by atoms with Crippen molar-refractivity contribution in [2.24, 2.45) is 0 Å². The van der Waals surface area contributed by atoms with Crippen molar-refractivity contribution >= 4 is 22.7 Å². The molecule has 0 heterocycles. The van der Waals surface area contributed by atoms with E-state index in [9.17, 15) is 4.79 Å². The summed E-state index contributed by atoms with van der Waals surface area (Å²) in [5.74, 6) is 0. The molecule has 0 saturated heterocycles. The summed E-state index contributed by atoms with van der Waals surface area (Å²) in [6.45, 7) is 0. The van der Waals surface area contributed by atoms with Crippen molar-refractivity contribution in [3.05, 3.63) is 35.9 Å². The van der Waals surface area contributed by atoms with Gasteiger partial charge in [-0.25, -0.2) is 0 Å². The molecule has 1 nitrogen and oxygen atoms in total. The molecule has 0 aromatic heterocycles. The van der Waals surface area contributed by atoms with Gasteiger partial charge in [-0.05, 0) is 8.27 Å². The summed E-state index contributed by atoms with van der Waals surface area (Å²) in [5.41, 5.74) is 1.00. The van der Waals surface area contributed by atoms with Crippen LogP contribution in [0, 0.1) is 0 Å². The molecule has 0 spiro atoms. The predicted octanol–water partition coefficient (Wildman–Crippen LogP) is 2.30. The summed E-state index contributed by atoms with van der Waals surface area (Å²) in [7, 11) is 2.73. The van der Waals surface area contributed by atoms with Crippen LogP contribution in [0.1, 0.15) is 10.4 Å². The minimum absolute atomic E-state index is 0.200. The largest absolute Gasteiger partial charge is 0.289 e. The molecule has 10 heavy (non-hydrogen) atoms. The van der Waals surface area contributed by atoms with Crippen LogP contribution in [0.3, 0.4) is 0 Å². The Bertz CT molecular complexity index is 220. The zero-order chi connectivity index (χ0) is 7.40. The van der Waals surface area contributed by atoms with E-state index in [1.165, 1.54) is 0 Å². The van der Waals surface area contributed by atoms with Gasteiger partial charge in [0, 0.05) is 5.56 Å². The minimum Gasteiger partial charge on any atom is -0.289 e. The third-order valence-corrected chi connectivity index (χ3v) is 2.50. The maximum atomic E-state index is 11.0. The van der Waals surface area contributed by atoms with Crippen molar-refractivity contribution < 1.29 is 4.79 Å². The highest BCUT2D eigenvalue weighted by Gasteiger charge is 1.98. The van der Waals surface area contributed by atoms with Gasteiger partial charge in [-0.2, -0.15) is 0 Å². The normalized spacial score (nSPS) is 10.5. The molecule has 1 aromatic rings. The maximum absolute atomic E-state index is 11.0. The Labute approximate surface area is 64.1 Å². The molecule has 0 amide bonds. The Balaban J connectivity index is 2.85. The molecule has 0 fully saturated rings. The van der Waals surface area contributed by atoms with Gasteiger partial charge in [-0.15, -0.1) is 8.93 Å². The first-order chi connectivity index (χ1) is 4.84. The molecule has 0 aliphatic heterocycles. The van der Waals surface area contributed by atoms with Crippen LogP contribution in [0.25, 0.3) is 0 Å². The summed E-state index contributed by atoms with van der Waals surface area (Å²) in [6.07, 6.45) is 0. The lowest BCUT2D eigenvalue weighted by atomic mass is 10.2. The molecule has 52 valence electrons. The summed E-state index contributed by atoms with van der Waals surface area (Å²) >= 11 is 0. The van der Waals surface area contributed by atoms with Crippen LogP contribution >= 0.6 is 17.2 Å². The molecule has 3 heteroatoms. The number of benzene rings is 1. The summed E-state index contributed by atoms with van der Waals surface area (Å²) in [6, 6.07) is 9.32. The number of carbonyl (C=O) groups excluding carboxylic acids is 1. The lowest BCUT2D eigenvalue weighted by Crippen LogP contribution is -1.85. The first kappa shape index (κ1) is 7.85. The van der Waals surface area contributed by atoms with E-state index in [1.807, 2.05) is 30.3 Å². The minimum atomic E-state index is 0.200. The average molecular weight is 170 g/mol. The number of carbonyl (C=O) groups is 1. The molecule has 1 aromatic carbocycles. The van der Waals surface area contributed by atoms with E-state index in [1.54, 1.807) is 0 Å². The van der Waals surface area contributed by atoms with E-state index in [-0.39, 0.29) is 13.8 Å². The summed E-state index contributed by atoms with van der Waals surface area (Å²) < 4.78 is 0. The average Bonchev–Trinajstić information content (AvgIpc) is 2.05. The van der Waals surface area contributed by atoms with Crippen LogP contribution in [-0.4, -0.2) is 5.52 Å².